The Hall–Kier alpha value is -2.66. The number of nitrogens with zero attached hydrogens (tertiary/aromatic N) is 4. The van der Waals surface area contributed by atoms with Crippen molar-refractivity contribution < 1.29 is 5.11 Å². The van der Waals surface area contributed by atoms with E-state index in [2.05, 4.69) is 62.2 Å². The Balaban J connectivity index is 1.39. The van der Waals surface area contributed by atoms with Gasteiger partial charge in [0.2, 0.25) is 5.95 Å². The molecule has 1 saturated heterocycles. The van der Waals surface area contributed by atoms with Crippen LogP contribution in [0.2, 0.25) is 0 Å². The molecule has 0 aliphatic carbocycles. The Labute approximate surface area is 141 Å². The third-order valence-corrected chi connectivity index (χ3v) is 4.50. The van der Waals surface area contributed by atoms with Crippen molar-refractivity contribution in [2.75, 3.05) is 31.1 Å². The summed E-state index contributed by atoms with van der Waals surface area (Å²) in [6.07, 6.45) is 2.90. The molecule has 0 unspecified atom stereocenters. The van der Waals surface area contributed by atoms with E-state index in [-0.39, 0.29) is 5.75 Å². The van der Waals surface area contributed by atoms with Crippen molar-refractivity contribution in [3.8, 4) is 5.75 Å². The molecule has 5 nitrogen and oxygen atoms in total. The van der Waals surface area contributed by atoms with Gasteiger partial charge in [-0.15, -0.1) is 0 Å². The van der Waals surface area contributed by atoms with E-state index in [0.717, 1.165) is 32.7 Å². The maximum atomic E-state index is 9.28. The minimum atomic E-state index is 0.105. The van der Waals surface area contributed by atoms with Crippen LogP contribution in [0.15, 0.2) is 54.9 Å². The van der Waals surface area contributed by atoms with Crippen LogP contribution in [0.5, 0.6) is 5.75 Å². The molecule has 5 heteroatoms. The SMILES string of the molecule is Oc1cnc(N2CCN(Cc3ccc4ccccc4c3)CC2)nc1. The highest BCUT2D eigenvalue weighted by atomic mass is 16.3. The van der Waals surface area contributed by atoms with Gasteiger partial charge >= 0.3 is 0 Å². The molecule has 0 bridgehead atoms. The van der Waals surface area contributed by atoms with E-state index in [0.29, 0.717) is 5.95 Å². The number of hydrogen-bond acceptors (Lipinski definition) is 5. The monoisotopic (exact) mass is 320 g/mol. The van der Waals surface area contributed by atoms with Crippen LogP contribution in [-0.4, -0.2) is 46.2 Å². The van der Waals surface area contributed by atoms with Crippen LogP contribution >= 0.6 is 0 Å². The first-order valence-electron chi connectivity index (χ1n) is 8.24. The van der Waals surface area contributed by atoms with Crippen molar-refractivity contribution in [2.24, 2.45) is 0 Å². The van der Waals surface area contributed by atoms with Gasteiger partial charge in [-0.1, -0.05) is 36.4 Å². The van der Waals surface area contributed by atoms with Crippen LogP contribution in [0.4, 0.5) is 5.95 Å². The highest BCUT2D eigenvalue weighted by Gasteiger charge is 2.19. The summed E-state index contributed by atoms with van der Waals surface area (Å²) in [5.74, 6) is 0.798. The molecule has 1 aliphatic rings. The minimum Gasteiger partial charge on any atom is -0.505 e. The van der Waals surface area contributed by atoms with Gasteiger partial charge in [0.25, 0.3) is 0 Å². The van der Waals surface area contributed by atoms with Crippen molar-refractivity contribution in [1.29, 1.82) is 0 Å². The molecule has 3 aromatic rings. The Morgan fingerprint density at radius 1 is 0.875 bits per heavy atom. The quantitative estimate of drug-likeness (QED) is 0.804. The van der Waals surface area contributed by atoms with Gasteiger partial charge in [0, 0.05) is 32.7 Å². The molecule has 1 aliphatic heterocycles. The number of aromatic hydroxyl groups is 1. The topological polar surface area (TPSA) is 52.5 Å². The molecular formula is C19H20N4O. The highest BCUT2D eigenvalue weighted by Crippen LogP contribution is 2.18. The van der Waals surface area contributed by atoms with E-state index in [1.165, 1.54) is 28.7 Å². The van der Waals surface area contributed by atoms with Crippen molar-refractivity contribution in [2.45, 2.75) is 6.54 Å². The summed E-state index contributed by atoms with van der Waals surface area (Å²) in [5.41, 5.74) is 1.35. The highest BCUT2D eigenvalue weighted by molar-refractivity contribution is 5.82. The molecule has 0 spiro atoms. The Kier molecular flexibility index (Phi) is 4.01. The second-order valence-corrected chi connectivity index (χ2v) is 6.19. The first kappa shape index (κ1) is 14.9. The molecule has 1 fully saturated rings. The molecule has 0 amide bonds. The van der Waals surface area contributed by atoms with E-state index < -0.39 is 0 Å². The van der Waals surface area contributed by atoms with E-state index in [1.807, 2.05) is 0 Å². The second-order valence-electron chi connectivity index (χ2n) is 6.19. The number of benzene rings is 2. The first-order chi connectivity index (χ1) is 11.8. The summed E-state index contributed by atoms with van der Waals surface area (Å²) in [6.45, 7) is 4.74. The molecular weight excluding hydrogens is 300 g/mol. The van der Waals surface area contributed by atoms with Crippen LogP contribution < -0.4 is 4.90 Å². The zero-order chi connectivity index (χ0) is 16.4. The lowest BCUT2D eigenvalue weighted by Crippen LogP contribution is -2.46. The summed E-state index contributed by atoms with van der Waals surface area (Å²) in [7, 11) is 0. The van der Waals surface area contributed by atoms with Gasteiger partial charge in [0.05, 0.1) is 12.4 Å². The second kappa shape index (κ2) is 6.45. The third kappa shape index (κ3) is 3.16. The molecule has 0 saturated carbocycles. The molecule has 2 heterocycles. The van der Waals surface area contributed by atoms with Crippen LogP contribution in [0.1, 0.15) is 5.56 Å². The predicted molar refractivity (Wildman–Crippen MR) is 95.1 cm³/mol. The van der Waals surface area contributed by atoms with E-state index in [4.69, 9.17) is 0 Å². The van der Waals surface area contributed by atoms with E-state index in [1.54, 1.807) is 0 Å². The van der Waals surface area contributed by atoms with E-state index >= 15 is 0 Å². The summed E-state index contributed by atoms with van der Waals surface area (Å²) >= 11 is 0. The van der Waals surface area contributed by atoms with Crippen molar-refractivity contribution in [3.63, 3.8) is 0 Å². The molecule has 4 rings (SSSR count). The number of aromatic nitrogens is 2. The van der Waals surface area contributed by atoms with Gasteiger partial charge in [0.1, 0.15) is 0 Å². The third-order valence-electron chi connectivity index (χ3n) is 4.50. The average molecular weight is 320 g/mol. The first-order valence-corrected chi connectivity index (χ1v) is 8.24. The lowest BCUT2D eigenvalue weighted by molar-refractivity contribution is 0.248. The Morgan fingerprint density at radius 2 is 1.58 bits per heavy atom. The Morgan fingerprint density at radius 3 is 2.33 bits per heavy atom. The molecule has 0 atom stereocenters. The van der Waals surface area contributed by atoms with Crippen molar-refractivity contribution >= 4 is 16.7 Å². The zero-order valence-corrected chi connectivity index (χ0v) is 13.5. The molecule has 122 valence electrons. The zero-order valence-electron chi connectivity index (χ0n) is 13.5. The predicted octanol–water partition coefficient (Wildman–Crippen LogP) is 2.66. The summed E-state index contributed by atoms with van der Waals surface area (Å²) < 4.78 is 0. The van der Waals surface area contributed by atoms with Gasteiger partial charge in [-0.3, -0.25) is 4.90 Å². The summed E-state index contributed by atoms with van der Waals surface area (Å²) in [6, 6.07) is 15.2. The minimum absolute atomic E-state index is 0.105. The standard InChI is InChI=1S/C19H20N4O/c24-18-12-20-19(21-13-18)23-9-7-22(8-10-23)14-15-5-6-16-3-1-2-4-17(16)11-15/h1-6,11-13,24H,7-10,14H2. The van der Waals surface area contributed by atoms with Gasteiger partial charge in [0.15, 0.2) is 5.75 Å². The van der Waals surface area contributed by atoms with Gasteiger partial charge in [-0.25, -0.2) is 9.97 Å². The number of hydrogen-bond donors (Lipinski definition) is 1. The van der Waals surface area contributed by atoms with Crippen LogP contribution in [0, 0.1) is 0 Å². The molecule has 0 radical (unpaired) electrons. The van der Waals surface area contributed by atoms with Crippen LogP contribution in [0.25, 0.3) is 10.8 Å². The van der Waals surface area contributed by atoms with Gasteiger partial charge in [-0.2, -0.15) is 0 Å². The summed E-state index contributed by atoms with van der Waals surface area (Å²) in [4.78, 5) is 13.0. The maximum Gasteiger partial charge on any atom is 0.225 e. The summed E-state index contributed by atoms with van der Waals surface area (Å²) in [5, 5.41) is 11.9. The number of piperazine rings is 1. The maximum absolute atomic E-state index is 9.28. The normalized spacial score (nSPS) is 15.8. The molecule has 1 N–H and O–H groups in total. The average Bonchev–Trinajstić information content (AvgIpc) is 2.63. The van der Waals surface area contributed by atoms with Gasteiger partial charge in [-0.05, 0) is 22.4 Å². The fourth-order valence-electron chi connectivity index (χ4n) is 3.18. The number of anilines is 1. The lowest BCUT2D eigenvalue weighted by atomic mass is 10.1. The van der Waals surface area contributed by atoms with Crippen molar-refractivity contribution in [1.82, 2.24) is 14.9 Å². The largest absolute Gasteiger partial charge is 0.505 e. The lowest BCUT2D eigenvalue weighted by Gasteiger charge is -2.34. The molecule has 24 heavy (non-hydrogen) atoms. The molecule has 1 aromatic heterocycles. The Bertz CT molecular complexity index is 826. The number of fused-ring (bicyclic) bond motifs is 1. The van der Waals surface area contributed by atoms with E-state index in [9.17, 15) is 5.11 Å². The number of rotatable bonds is 3. The smallest absolute Gasteiger partial charge is 0.225 e. The van der Waals surface area contributed by atoms with Crippen molar-refractivity contribution in [3.05, 3.63) is 60.4 Å². The fraction of sp³-hybridized carbons (Fsp3) is 0.263. The molecule has 2 aromatic carbocycles. The van der Waals surface area contributed by atoms with Crippen LogP contribution in [-0.2, 0) is 6.54 Å². The van der Waals surface area contributed by atoms with Crippen LogP contribution in [0.3, 0.4) is 0 Å². The van der Waals surface area contributed by atoms with Gasteiger partial charge < -0.3 is 10.0 Å². The fourth-order valence-corrected chi connectivity index (χ4v) is 3.18.